The minimum Gasteiger partial charge on any atom is -0.503 e. The van der Waals surface area contributed by atoms with Crippen molar-refractivity contribution in [2.24, 2.45) is 5.92 Å². The van der Waals surface area contributed by atoms with Crippen molar-refractivity contribution in [2.45, 2.75) is 31.7 Å². The molecule has 0 radical (unpaired) electrons. The van der Waals surface area contributed by atoms with Gasteiger partial charge in [-0.25, -0.2) is 8.78 Å². The lowest BCUT2D eigenvalue weighted by Gasteiger charge is -2.28. The molecule has 1 saturated carbocycles. The summed E-state index contributed by atoms with van der Waals surface area (Å²) in [7, 11) is 0. The number of rotatable bonds is 5. The van der Waals surface area contributed by atoms with Crippen LogP contribution in [0.3, 0.4) is 0 Å². The van der Waals surface area contributed by atoms with Crippen LogP contribution in [0.4, 0.5) is 8.78 Å². The molecule has 0 saturated heterocycles. The van der Waals surface area contributed by atoms with E-state index in [1.54, 1.807) is 0 Å². The Kier molecular flexibility index (Phi) is 6.01. The summed E-state index contributed by atoms with van der Waals surface area (Å²) < 4.78 is 29.1. The molecular formula is C27H25F2N3O2. The topological polar surface area (TPSA) is 67.2 Å². The Hall–Kier alpha value is -3.74. The predicted octanol–water partition coefficient (Wildman–Crippen LogP) is 5.85. The van der Waals surface area contributed by atoms with Crippen LogP contribution in [0, 0.1) is 17.6 Å². The van der Waals surface area contributed by atoms with Gasteiger partial charge < -0.3 is 10.4 Å². The van der Waals surface area contributed by atoms with Gasteiger partial charge >= 0.3 is 0 Å². The average molecular weight is 462 g/mol. The molecule has 1 amide bonds. The molecule has 1 aromatic heterocycles. The second-order valence-corrected chi connectivity index (χ2v) is 8.92. The minimum absolute atomic E-state index is 0.139. The van der Waals surface area contributed by atoms with Crippen LogP contribution in [0.2, 0.25) is 0 Å². The molecule has 3 aromatic carbocycles. The Bertz CT molecular complexity index is 1310. The summed E-state index contributed by atoms with van der Waals surface area (Å²) >= 11 is 0. The molecule has 2 N–H and O–H groups in total. The normalized spacial score (nSPS) is 18.2. The summed E-state index contributed by atoms with van der Waals surface area (Å²) in [5.41, 5.74) is 3.15. The smallest absolute Gasteiger partial charge is 0.251 e. The first-order valence-corrected chi connectivity index (χ1v) is 11.5. The maximum absolute atomic E-state index is 13.5. The molecule has 1 fully saturated rings. The van der Waals surface area contributed by atoms with Crippen molar-refractivity contribution in [1.82, 2.24) is 15.1 Å². The van der Waals surface area contributed by atoms with E-state index in [1.807, 2.05) is 18.2 Å². The Labute approximate surface area is 196 Å². The fourth-order valence-electron chi connectivity index (χ4n) is 4.68. The maximum atomic E-state index is 13.5. The van der Waals surface area contributed by atoms with Crippen LogP contribution < -0.4 is 5.32 Å². The quantitative estimate of drug-likeness (QED) is 0.392. The first-order chi connectivity index (χ1) is 16.5. The number of aromatic hydroxyl groups is 1. The number of nitrogens with one attached hydrogen (secondary N) is 1. The first-order valence-electron chi connectivity index (χ1n) is 11.5. The first kappa shape index (κ1) is 22.1. The van der Waals surface area contributed by atoms with E-state index in [0.29, 0.717) is 18.5 Å². The number of fused-ring (bicyclic) bond motifs is 1. The molecule has 1 aliphatic carbocycles. The summed E-state index contributed by atoms with van der Waals surface area (Å²) in [5.74, 6) is -3.62. The molecule has 0 bridgehead atoms. The molecule has 0 spiro atoms. The van der Waals surface area contributed by atoms with Crippen LogP contribution in [0.15, 0.2) is 66.9 Å². The molecule has 0 unspecified atom stereocenters. The zero-order valence-corrected chi connectivity index (χ0v) is 18.5. The number of halogens is 2. The van der Waals surface area contributed by atoms with Gasteiger partial charge in [-0.15, -0.1) is 0 Å². The lowest BCUT2D eigenvalue weighted by atomic mass is 9.86. The van der Waals surface area contributed by atoms with E-state index in [4.69, 9.17) is 5.10 Å². The van der Waals surface area contributed by atoms with Crippen molar-refractivity contribution in [1.29, 1.82) is 0 Å². The van der Waals surface area contributed by atoms with Crippen molar-refractivity contribution in [2.75, 3.05) is 6.54 Å². The van der Waals surface area contributed by atoms with Crippen molar-refractivity contribution < 1.29 is 18.7 Å². The van der Waals surface area contributed by atoms with Crippen molar-refractivity contribution >= 4 is 16.8 Å². The molecule has 5 rings (SSSR count). The molecule has 0 atom stereocenters. The maximum Gasteiger partial charge on any atom is 0.251 e. The van der Waals surface area contributed by atoms with Crippen molar-refractivity contribution in [3.05, 3.63) is 84.1 Å². The number of benzene rings is 3. The van der Waals surface area contributed by atoms with Crippen molar-refractivity contribution in [3.8, 4) is 16.9 Å². The highest BCUT2D eigenvalue weighted by Crippen LogP contribution is 2.33. The van der Waals surface area contributed by atoms with E-state index in [-0.39, 0.29) is 5.56 Å². The third-order valence-electron chi connectivity index (χ3n) is 6.65. The number of carbonyl (C=O) groups is 1. The van der Waals surface area contributed by atoms with Gasteiger partial charge in [0.2, 0.25) is 0 Å². The zero-order valence-electron chi connectivity index (χ0n) is 18.5. The number of hydrogen-bond acceptors (Lipinski definition) is 3. The Balaban J connectivity index is 1.18. The average Bonchev–Trinajstić information content (AvgIpc) is 3.30. The van der Waals surface area contributed by atoms with Crippen molar-refractivity contribution in [3.63, 3.8) is 0 Å². The number of nitrogens with zero attached hydrogens (tertiary/aromatic N) is 2. The van der Waals surface area contributed by atoms with Crippen LogP contribution in [0.1, 0.15) is 42.1 Å². The number of hydrogen-bond donors (Lipinski definition) is 2. The fraction of sp³-hybridized carbons (Fsp3) is 0.259. The molecule has 1 heterocycles. The van der Waals surface area contributed by atoms with Crippen LogP contribution in [0.25, 0.3) is 22.0 Å². The molecule has 34 heavy (non-hydrogen) atoms. The third kappa shape index (κ3) is 4.51. The number of aromatic nitrogens is 2. The van der Waals surface area contributed by atoms with Gasteiger partial charge in [0.25, 0.3) is 5.91 Å². The van der Waals surface area contributed by atoms with Gasteiger partial charge in [-0.3, -0.25) is 9.48 Å². The SMILES string of the molecule is O=C(NCC1CCC(n2cc3ccc(-c4ccccc4)cc3n2)CC1)c1cc(F)c(O)c(F)c1. The van der Waals surface area contributed by atoms with Gasteiger partial charge in [0.1, 0.15) is 0 Å². The van der Waals surface area contributed by atoms with Crippen LogP contribution in [0.5, 0.6) is 5.75 Å². The molecule has 0 aliphatic heterocycles. The predicted molar refractivity (Wildman–Crippen MR) is 127 cm³/mol. The highest BCUT2D eigenvalue weighted by atomic mass is 19.1. The van der Waals surface area contributed by atoms with Gasteiger partial charge in [-0.2, -0.15) is 5.10 Å². The number of carbonyl (C=O) groups excluding carboxylic acids is 1. The van der Waals surface area contributed by atoms with Gasteiger partial charge in [-0.05, 0) is 60.9 Å². The zero-order chi connectivity index (χ0) is 23.7. The standard InChI is InChI=1S/C27H25F2N3O2/c28-23-12-21(13-24(29)26(23)33)27(34)30-15-17-6-10-22(11-7-17)32-16-20-9-8-19(14-25(20)31-32)18-4-2-1-3-5-18/h1-5,8-9,12-14,16-17,22,33H,6-7,10-11,15H2,(H,30,34). The monoisotopic (exact) mass is 461 g/mol. The molecule has 1 aliphatic rings. The Morgan fingerprint density at radius 1 is 0.971 bits per heavy atom. The molecule has 4 aromatic rings. The summed E-state index contributed by atoms with van der Waals surface area (Å²) in [6.45, 7) is 0.442. The molecule has 7 heteroatoms. The highest BCUT2D eigenvalue weighted by molar-refractivity contribution is 5.94. The molecule has 174 valence electrons. The van der Waals surface area contributed by atoms with E-state index in [0.717, 1.165) is 54.3 Å². The van der Waals surface area contributed by atoms with Crippen LogP contribution in [-0.4, -0.2) is 27.3 Å². The number of phenolic OH excluding ortho intramolecular Hbond substituents is 1. The number of phenols is 1. The second-order valence-electron chi connectivity index (χ2n) is 8.92. The second kappa shape index (κ2) is 9.25. The molecule has 5 nitrogen and oxygen atoms in total. The van der Waals surface area contributed by atoms with E-state index >= 15 is 0 Å². The largest absolute Gasteiger partial charge is 0.503 e. The van der Waals surface area contributed by atoms with Crippen LogP contribution >= 0.6 is 0 Å². The van der Waals surface area contributed by atoms with E-state index in [1.165, 1.54) is 5.56 Å². The lowest BCUT2D eigenvalue weighted by Crippen LogP contribution is -2.31. The van der Waals surface area contributed by atoms with Gasteiger partial charge in [-0.1, -0.05) is 42.5 Å². The fourth-order valence-corrected chi connectivity index (χ4v) is 4.68. The summed E-state index contributed by atoms with van der Waals surface area (Å²) in [5, 5.41) is 17.9. The Morgan fingerprint density at radius 2 is 1.68 bits per heavy atom. The van der Waals surface area contributed by atoms with E-state index < -0.39 is 23.3 Å². The van der Waals surface area contributed by atoms with Gasteiger partial charge in [0, 0.05) is 23.7 Å². The third-order valence-corrected chi connectivity index (χ3v) is 6.65. The summed E-state index contributed by atoms with van der Waals surface area (Å²) in [4.78, 5) is 12.3. The minimum atomic E-state index is -1.15. The summed E-state index contributed by atoms with van der Waals surface area (Å²) in [6.07, 6.45) is 5.85. The van der Waals surface area contributed by atoms with E-state index in [9.17, 15) is 18.7 Å². The van der Waals surface area contributed by atoms with E-state index in [2.05, 4.69) is 46.5 Å². The summed E-state index contributed by atoms with van der Waals surface area (Å²) in [6, 6.07) is 18.6. The van der Waals surface area contributed by atoms with Gasteiger partial charge in [0.15, 0.2) is 17.4 Å². The van der Waals surface area contributed by atoms with Crippen LogP contribution in [-0.2, 0) is 0 Å². The molecular weight excluding hydrogens is 436 g/mol. The number of amides is 1. The Morgan fingerprint density at radius 3 is 2.38 bits per heavy atom. The highest BCUT2D eigenvalue weighted by Gasteiger charge is 2.24. The van der Waals surface area contributed by atoms with Gasteiger partial charge in [0.05, 0.1) is 11.6 Å². The lowest BCUT2D eigenvalue weighted by molar-refractivity contribution is 0.0940.